The highest BCUT2D eigenvalue weighted by Gasteiger charge is 2.39. The van der Waals surface area contributed by atoms with Gasteiger partial charge in [0.25, 0.3) is 0 Å². The van der Waals surface area contributed by atoms with Gasteiger partial charge in [-0.3, -0.25) is 0 Å². The molecule has 0 spiro atoms. The van der Waals surface area contributed by atoms with Crippen molar-refractivity contribution in [3.8, 4) is 0 Å². The van der Waals surface area contributed by atoms with Gasteiger partial charge in [0.05, 0.1) is 0 Å². The Bertz CT molecular complexity index is 200. The molecule has 0 aromatic heterocycles. The Balaban J connectivity index is 2.70. The van der Waals surface area contributed by atoms with Crippen LogP contribution in [0.4, 0.5) is 0 Å². The summed E-state index contributed by atoms with van der Waals surface area (Å²) in [5.41, 5.74) is 6.70. The molecule has 1 saturated carbocycles. The SMILES string of the molecule is CCC(N)(C(C)C)C1CCC(C)C(C)C1. The van der Waals surface area contributed by atoms with E-state index >= 15 is 0 Å². The molecule has 0 radical (unpaired) electrons. The number of nitrogens with two attached hydrogens (primary N) is 1. The summed E-state index contributed by atoms with van der Waals surface area (Å²) in [5.74, 6) is 3.10. The van der Waals surface area contributed by atoms with Crippen LogP contribution < -0.4 is 5.73 Å². The van der Waals surface area contributed by atoms with Crippen molar-refractivity contribution in [2.24, 2.45) is 29.4 Å². The van der Waals surface area contributed by atoms with Gasteiger partial charge in [0.1, 0.15) is 0 Å². The standard InChI is InChI=1S/C14H29N/c1-6-14(15,10(2)3)13-8-7-11(4)12(5)9-13/h10-13H,6-9,15H2,1-5H3. The number of hydrogen-bond acceptors (Lipinski definition) is 1. The van der Waals surface area contributed by atoms with E-state index in [2.05, 4.69) is 34.6 Å². The van der Waals surface area contributed by atoms with E-state index < -0.39 is 0 Å². The van der Waals surface area contributed by atoms with E-state index in [0.717, 1.165) is 24.2 Å². The number of rotatable bonds is 3. The first kappa shape index (κ1) is 13.0. The topological polar surface area (TPSA) is 26.0 Å². The Morgan fingerprint density at radius 3 is 2.20 bits per heavy atom. The highest BCUT2D eigenvalue weighted by molar-refractivity contribution is 4.95. The lowest BCUT2D eigenvalue weighted by Crippen LogP contribution is -2.52. The molecule has 4 unspecified atom stereocenters. The molecule has 1 aliphatic carbocycles. The number of hydrogen-bond donors (Lipinski definition) is 1. The Kier molecular flexibility index (Phi) is 4.22. The van der Waals surface area contributed by atoms with Gasteiger partial charge in [-0.15, -0.1) is 0 Å². The molecule has 0 aromatic carbocycles. The third-order valence-corrected chi connectivity index (χ3v) is 5.05. The van der Waals surface area contributed by atoms with Gasteiger partial charge in [0.2, 0.25) is 0 Å². The summed E-state index contributed by atoms with van der Waals surface area (Å²) in [6.45, 7) is 11.6. The molecule has 1 fully saturated rings. The van der Waals surface area contributed by atoms with Gasteiger partial charge in [-0.25, -0.2) is 0 Å². The van der Waals surface area contributed by atoms with Gasteiger partial charge in [0.15, 0.2) is 0 Å². The molecule has 0 bridgehead atoms. The second-order valence-corrected chi connectivity index (χ2v) is 6.09. The molecule has 1 aliphatic rings. The summed E-state index contributed by atoms with van der Waals surface area (Å²) in [6, 6.07) is 0. The smallest absolute Gasteiger partial charge is 0.0203 e. The Morgan fingerprint density at radius 2 is 1.80 bits per heavy atom. The lowest BCUT2D eigenvalue weighted by atomic mass is 9.64. The molecule has 90 valence electrons. The Hall–Kier alpha value is -0.0400. The van der Waals surface area contributed by atoms with E-state index in [1.165, 1.54) is 19.3 Å². The van der Waals surface area contributed by atoms with Gasteiger partial charge in [-0.2, -0.15) is 0 Å². The molecule has 0 heterocycles. The summed E-state index contributed by atoms with van der Waals surface area (Å²) < 4.78 is 0. The zero-order chi connectivity index (χ0) is 11.6. The van der Waals surface area contributed by atoms with Crippen LogP contribution in [0.25, 0.3) is 0 Å². The summed E-state index contributed by atoms with van der Waals surface area (Å²) in [7, 11) is 0. The maximum Gasteiger partial charge on any atom is 0.0203 e. The minimum Gasteiger partial charge on any atom is -0.325 e. The average Bonchev–Trinajstić information content (AvgIpc) is 2.20. The normalized spacial score (nSPS) is 36.6. The predicted octanol–water partition coefficient (Wildman–Crippen LogP) is 3.82. The average molecular weight is 211 g/mol. The van der Waals surface area contributed by atoms with Gasteiger partial charge in [-0.1, -0.05) is 41.0 Å². The monoisotopic (exact) mass is 211 g/mol. The van der Waals surface area contributed by atoms with E-state index in [1.807, 2.05) is 0 Å². The first-order valence-electron chi connectivity index (χ1n) is 6.70. The van der Waals surface area contributed by atoms with E-state index in [1.54, 1.807) is 0 Å². The summed E-state index contributed by atoms with van der Waals surface area (Å²) in [4.78, 5) is 0. The van der Waals surface area contributed by atoms with Crippen LogP contribution in [0.2, 0.25) is 0 Å². The first-order chi connectivity index (χ1) is 6.91. The molecular weight excluding hydrogens is 182 g/mol. The molecule has 1 rings (SSSR count). The fraction of sp³-hybridized carbons (Fsp3) is 1.00. The van der Waals surface area contributed by atoms with Crippen LogP contribution in [0.1, 0.15) is 60.3 Å². The lowest BCUT2D eigenvalue weighted by molar-refractivity contribution is 0.0977. The van der Waals surface area contributed by atoms with Gasteiger partial charge < -0.3 is 5.73 Å². The highest BCUT2D eigenvalue weighted by Crippen LogP contribution is 2.41. The van der Waals surface area contributed by atoms with Crippen LogP contribution in [-0.4, -0.2) is 5.54 Å². The molecule has 0 saturated heterocycles. The van der Waals surface area contributed by atoms with Crippen molar-refractivity contribution in [1.82, 2.24) is 0 Å². The fourth-order valence-electron chi connectivity index (χ4n) is 3.20. The molecule has 1 heteroatoms. The third-order valence-electron chi connectivity index (χ3n) is 5.05. The maximum absolute atomic E-state index is 6.62. The van der Waals surface area contributed by atoms with Crippen molar-refractivity contribution in [2.45, 2.75) is 65.8 Å². The molecule has 0 aliphatic heterocycles. The van der Waals surface area contributed by atoms with Crippen molar-refractivity contribution in [1.29, 1.82) is 0 Å². The minimum absolute atomic E-state index is 0.0778. The molecular formula is C14H29N. The van der Waals surface area contributed by atoms with Gasteiger partial charge in [-0.05, 0) is 42.9 Å². The first-order valence-corrected chi connectivity index (χ1v) is 6.70. The molecule has 2 N–H and O–H groups in total. The van der Waals surface area contributed by atoms with Crippen LogP contribution in [0.15, 0.2) is 0 Å². The van der Waals surface area contributed by atoms with Crippen LogP contribution in [0.3, 0.4) is 0 Å². The molecule has 15 heavy (non-hydrogen) atoms. The van der Waals surface area contributed by atoms with Gasteiger partial charge >= 0.3 is 0 Å². The molecule has 1 nitrogen and oxygen atoms in total. The second-order valence-electron chi connectivity index (χ2n) is 6.09. The van der Waals surface area contributed by atoms with Crippen LogP contribution in [-0.2, 0) is 0 Å². The van der Waals surface area contributed by atoms with Gasteiger partial charge in [0, 0.05) is 5.54 Å². The van der Waals surface area contributed by atoms with Crippen molar-refractivity contribution in [3.05, 3.63) is 0 Å². The highest BCUT2D eigenvalue weighted by atomic mass is 14.8. The third kappa shape index (κ3) is 2.55. The lowest BCUT2D eigenvalue weighted by Gasteiger charge is -2.45. The summed E-state index contributed by atoms with van der Waals surface area (Å²) in [6.07, 6.45) is 5.17. The summed E-state index contributed by atoms with van der Waals surface area (Å²) in [5, 5.41) is 0. The zero-order valence-electron chi connectivity index (χ0n) is 11.2. The minimum atomic E-state index is 0.0778. The molecule has 0 amide bonds. The van der Waals surface area contributed by atoms with Crippen LogP contribution in [0.5, 0.6) is 0 Å². The van der Waals surface area contributed by atoms with E-state index in [9.17, 15) is 0 Å². The maximum atomic E-state index is 6.62. The zero-order valence-corrected chi connectivity index (χ0v) is 11.2. The van der Waals surface area contributed by atoms with Crippen LogP contribution >= 0.6 is 0 Å². The predicted molar refractivity (Wildman–Crippen MR) is 67.7 cm³/mol. The van der Waals surface area contributed by atoms with Crippen molar-refractivity contribution >= 4 is 0 Å². The summed E-state index contributed by atoms with van der Waals surface area (Å²) >= 11 is 0. The van der Waals surface area contributed by atoms with E-state index in [-0.39, 0.29) is 5.54 Å². The van der Waals surface area contributed by atoms with Crippen molar-refractivity contribution in [3.63, 3.8) is 0 Å². The quantitative estimate of drug-likeness (QED) is 0.754. The van der Waals surface area contributed by atoms with E-state index in [4.69, 9.17) is 5.73 Å². The van der Waals surface area contributed by atoms with E-state index in [0.29, 0.717) is 5.92 Å². The Labute approximate surface area is 95.8 Å². The van der Waals surface area contributed by atoms with Crippen LogP contribution in [0, 0.1) is 23.7 Å². The molecule has 0 aromatic rings. The molecule has 4 atom stereocenters. The Morgan fingerprint density at radius 1 is 1.20 bits per heavy atom. The van der Waals surface area contributed by atoms with Crippen molar-refractivity contribution < 1.29 is 0 Å². The largest absolute Gasteiger partial charge is 0.325 e. The fourth-order valence-corrected chi connectivity index (χ4v) is 3.20. The van der Waals surface area contributed by atoms with Crippen molar-refractivity contribution in [2.75, 3.05) is 0 Å². The second kappa shape index (κ2) is 4.86.